The van der Waals surface area contributed by atoms with Crippen LogP contribution >= 0.6 is 35.0 Å². The Hall–Kier alpha value is -1.69. The van der Waals surface area contributed by atoms with E-state index in [9.17, 15) is 0 Å². The lowest BCUT2D eigenvalue weighted by Gasteiger charge is -2.08. The number of nitrogens with zero attached hydrogens (tertiary/aromatic N) is 3. The average molecular weight is 380 g/mol. The number of hydrogen-bond donors (Lipinski definition) is 0. The summed E-state index contributed by atoms with van der Waals surface area (Å²) in [6.45, 7) is 0. The molecule has 0 saturated heterocycles. The number of ether oxygens (including phenoxy) is 1. The number of aromatic nitrogens is 3. The Balaban J connectivity index is 1.81. The van der Waals surface area contributed by atoms with Gasteiger partial charge in [0.1, 0.15) is 5.75 Å². The van der Waals surface area contributed by atoms with Crippen molar-refractivity contribution in [3.63, 3.8) is 0 Å². The number of benzene rings is 2. The zero-order valence-electron chi connectivity index (χ0n) is 13.2. The standard InChI is InChI=1S/C17H15Cl2N3OS/c1-22-16(12-5-3-4-6-15(12)23-2)20-21-17(22)24-10-11-7-8-13(18)14(19)9-11/h3-9H,10H2,1-2H3. The first-order valence-electron chi connectivity index (χ1n) is 7.19. The van der Waals surface area contributed by atoms with E-state index >= 15 is 0 Å². The summed E-state index contributed by atoms with van der Waals surface area (Å²) >= 11 is 13.6. The molecule has 0 amide bonds. The summed E-state index contributed by atoms with van der Waals surface area (Å²) in [5.41, 5.74) is 1.99. The molecular weight excluding hydrogens is 365 g/mol. The maximum Gasteiger partial charge on any atom is 0.191 e. The molecule has 0 saturated carbocycles. The number of hydrogen-bond acceptors (Lipinski definition) is 4. The van der Waals surface area contributed by atoms with Crippen LogP contribution in [0, 0.1) is 0 Å². The van der Waals surface area contributed by atoms with Gasteiger partial charge in [-0.05, 0) is 29.8 Å². The Morgan fingerprint density at radius 2 is 1.88 bits per heavy atom. The van der Waals surface area contributed by atoms with Crippen molar-refractivity contribution in [2.24, 2.45) is 7.05 Å². The molecule has 7 heteroatoms. The Kier molecular flexibility index (Phi) is 5.33. The third-order valence-electron chi connectivity index (χ3n) is 3.53. The van der Waals surface area contributed by atoms with Crippen LogP contribution in [-0.2, 0) is 12.8 Å². The summed E-state index contributed by atoms with van der Waals surface area (Å²) < 4.78 is 7.36. The topological polar surface area (TPSA) is 39.9 Å². The van der Waals surface area contributed by atoms with Gasteiger partial charge in [0.15, 0.2) is 11.0 Å². The minimum Gasteiger partial charge on any atom is -0.496 e. The first kappa shape index (κ1) is 17.1. The molecule has 0 bridgehead atoms. The summed E-state index contributed by atoms with van der Waals surface area (Å²) in [6.07, 6.45) is 0. The van der Waals surface area contributed by atoms with Crippen molar-refractivity contribution in [2.75, 3.05) is 7.11 Å². The van der Waals surface area contributed by atoms with Crippen LogP contribution in [0.25, 0.3) is 11.4 Å². The molecule has 0 aliphatic heterocycles. The highest BCUT2D eigenvalue weighted by Crippen LogP contribution is 2.31. The Labute approximate surface area is 154 Å². The van der Waals surface area contributed by atoms with E-state index in [0.717, 1.165) is 33.6 Å². The van der Waals surface area contributed by atoms with Gasteiger partial charge in [-0.3, -0.25) is 0 Å². The lowest BCUT2D eigenvalue weighted by atomic mass is 10.2. The van der Waals surface area contributed by atoms with E-state index in [1.54, 1.807) is 24.9 Å². The molecule has 1 heterocycles. The zero-order valence-corrected chi connectivity index (χ0v) is 15.5. The van der Waals surface area contributed by atoms with Gasteiger partial charge in [-0.1, -0.05) is 53.2 Å². The van der Waals surface area contributed by atoms with E-state index in [1.807, 2.05) is 48.0 Å². The van der Waals surface area contributed by atoms with Crippen LogP contribution in [0.15, 0.2) is 47.6 Å². The maximum atomic E-state index is 6.06. The highest BCUT2D eigenvalue weighted by atomic mass is 35.5. The van der Waals surface area contributed by atoms with Gasteiger partial charge in [-0.2, -0.15) is 0 Å². The van der Waals surface area contributed by atoms with Gasteiger partial charge in [0, 0.05) is 12.8 Å². The quantitative estimate of drug-likeness (QED) is 0.578. The van der Waals surface area contributed by atoms with E-state index in [4.69, 9.17) is 27.9 Å². The first-order chi connectivity index (χ1) is 11.6. The van der Waals surface area contributed by atoms with E-state index < -0.39 is 0 Å². The van der Waals surface area contributed by atoms with Crippen molar-refractivity contribution in [2.45, 2.75) is 10.9 Å². The fourth-order valence-electron chi connectivity index (χ4n) is 2.28. The predicted molar refractivity (Wildman–Crippen MR) is 99.0 cm³/mol. The highest BCUT2D eigenvalue weighted by Gasteiger charge is 2.15. The molecule has 0 fully saturated rings. The molecule has 124 valence electrons. The third kappa shape index (κ3) is 3.53. The van der Waals surface area contributed by atoms with Gasteiger partial charge in [0.2, 0.25) is 0 Å². The number of thioether (sulfide) groups is 1. The number of methoxy groups -OCH3 is 1. The minimum absolute atomic E-state index is 0.558. The van der Waals surface area contributed by atoms with Crippen molar-refractivity contribution < 1.29 is 4.74 Å². The van der Waals surface area contributed by atoms with Crippen molar-refractivity contribution >= 4 is 35.0 Å². The molecule has 0 aliphatic carbocycles. The molecule has 0 atom stereocenters. The fourth-order valence-corrected chi connectivity index (χ4v) is 3.46. The molecule has 0 aliphatic rings. The second-order valence-electron chi connectivity index (χ2n) is 5.10. The summed E-state index contributed by atoms with van der Waals surface area (Å²) in [5.74, 6) is 2.27. The van der Waals surface area contributed by atoms with Crippen LogP contribution in [0.1, 0.15) is 5.56 Å². The van der Waals surface area contributed by atoms with Crippen molar-refractivity contribution in [3.8, 4) is 17.1 Å². The molecule has 0 radical (unpaired) electrons. The normalized spacial score (nSPS) is 10.8. The lowest BCUT2D eigenvalue weighted by Crippen LogP contribution is -1.97. The summed E-state index contributed by atoms with van der Waals surface area (Å²) in [5, 5.41) is 10.5. The third-order valence-corrected chi connectivity index (χ3v) is 5.37. The van der Waals surface area contributed by atoms with Crippen LogP contribution in [0.4, 0.5) is 0 Å². The molecular formula is C17H15Cl2N3OS. The van der Waals surface area contributed by atoms with Gasteiger partial charge in [-0.15, -0.1) is 10.2 Å². The summed E-state index contributed by atoms with van der Waals surface area (Å²) in [7, 11) is 3.59. The second kappa shape index (κ2) is 7.47. The largest absolute Gasteiger partial charge is 0.496 e. The van der Waals surface area contributed by atoms with Gasteiger partial charge >= 0.3 is 0 Å². The van der Waals surface area contributed by atoms with Gasteiger partial charge in [-0.25, -0.2) is 0 Å². The van der Waals surface area contributed by atoms with E-state index in [0.29, 0.717) is 10.0 Å². The van der Waals surface area contributed by atoms with Crippen LogP contribution in [-0.4, -0.2) is 21.9 Å². The fraction of sp³-hybridized carbons (Fsp3) is 0.176. The van der Waals surface area contributed by atoms with Gasteiger partial charge in [0.25, 0.3) is 0 Å². The smallest absolute Gasteiger partial charge is 0.191 e. The summed E-state index contributed by atoms with van der Waals surface area (Å²) in [6, 6.07) is 13.4. The van der Waals surface area contributed by atoms with Crippen LogP contribution in [0.5, 0.6) is 5.75 Å². The Morgan fingerprint density at radius 1 is 1.08 bits per heavy atom. The van der Waals surface area contributed by atoms with Crippen LogP contribution < -0.4 is 4.74 Å². The Bertz CT molecular complexity index is 867. The SMILES string of the molecule is COc1ccccc1-c1nnc(SCc2ccc(Cl)c(Cl)c2)n1C. The van der Waals surface area contributed by atoms with Gasteiger partial charge in [0.05, 0.1) is 22.7 Å². The van der Waals surface area contributed by atoms with Crippen molar-refractivity contribution in [3.05, 3.63) is 58.1 Å². The van der Waals surface area contributed by atoms with Crippen LogP contribution in [0.2, 0.25) is 10.0 Å². The molecule has 0 unspecified atom stereocenters. The van der Waals surface area contributed by atoms with E-state index in [-0.39, 0.29) is 0 Å². The average Bonchev–Trinajstić information content (AvgIpc) is 2.96. The van der Waals surface area contributed by atoms with E-state index in [1.165, 1.54) is 0 Å². The van der Waals surface area contributed by atoms with Crippen LogP contribution in [0.3, 0.4) is 0 Å². The molecule has 2 aromatic carbocycles. The molecule has 3 rings (SSSR count). The van der Waals surface area contributed by atoms with Crippen molar-refractivity contribution in [1.29, 1.82) is 0 Å². The van der Waals surface area contributed by atoms with Crippen molar-refractivity contribution in [1.82, 2.24) is 14.8 Å². The molecule has 0 N–H and O–H groups in total. The molecule has 4 nitrogen and oxygen atoms in total. The minimum atomic E-state index is 0.558. The highest BCUT2D eigenvalue weighted by molar-refractivity contribution is 7.98. The van der Waals surface area contributed by atoms with Gasteiger partial charge < -0.3 is 9.30 Å². The molecule has 3 aromatic rings. The number of para-hydroxylation sites is 1. The molecule has 24 heavy (non-hydrogen) atoms. The lowest BCUT2D eigenvalue weighted by molar-refractivity contribution is 0.416. The Morgan fingerprint density at radius 3 is 2.62 bits per heavy atom. The number of halogens is 2. The molecule has 1 aromatic heterocycles. The predicted octanol–water partition coefficient (Wildman–Crippen LogP) is 5.09. The first-order valence-corrected chi connectivity index (χ1v) is 8.94. The maximum absolute atomic E-state index is 6.06. The second-order valence-corrected chi connectivity index (χ2v) is 6.86. The molecule has 0 spiro atoms. The zero-order chi connectivity index (χ0) is 17.1. The number of rotatable bonds is 5. The van der Waals surface area contributed by atoms with E-state index in [2.05, 4.69) is 10.2 Å². The summed E-state index contributed by atoms with van der Waals surface area (Å²) in [4.78, 5) is 0. The monoisotopic (exact) mass is 379 g/mol.